The maximum absolute atomic E-state index is 4.98. The van der Waals surface area contributed by atoms with Crippen LogP contribution in [0.5, 0.6) is 0 Å². The highest BCUT2D eigenvalue weighted by Gasteiger charge is 2.03. The molecule has 1 aromatic carbocycles. The van der Waals surface area contributed by atoms with E-state index in [-0.39, 0.29) is 0 Å². The molecule has 0 aliphatic carbocycles. The van der Waals surface area contributed by atoms with Crippen molar-refractivity contribution in [2.24, 2.45) is 0 Å². The van der Waals surface area contributed by atoms with Crippen LogP contribution in [0.4, 0.5) is 0 Å². The summed E-state index contributed by atoms with van der Waals surface area (Å²) in [5.41, 5.74) is 2.23. The molecule has 0 saturated carbocycles. The van der Waals surface area contributed by atoms with Crippen molar-refractivity contribution in [2.45, 2.75) is 6.54 Å². The highest BCUT2D eigenvalue weighted by molar-refractivity contribution is 7.06. The number of nitrogens with zero attached hydrogens (tertiary/aromatic N) is 1. The van der Waals surface area contributed by atoms with E-state index in [0.29, 0.717) is 0 Å². The van der Waals surface area contributed by atoms with Crippen LogP contribution in [-0.2, 0) is 11.3 Å². The molecule has 1 aromatic heterocycles. The Morgan fingerprint density at radius 3 is 2.88 bits per heavy atom. The van der Waals surface area contributed by atoms with Crippen LogP contribution in [0.25, 0.3) is 11.3 Å². The lowest BCUT2D eigenvalue weighted by atomic mass is 10.1. The minimum absolute atomic E-state index is 0.740. The standard InChI is InChI=1S/C13H16N2OS/c1-16-8-7-14-10-12-9-13(15-17-12)11-5-3-2-4-6-11/h2-6,9,14H,7-8,10H2,1H3. The summed E-state index contributed by atoms with van der Waals surface area (Å²) in [6.07, 6.45) is 0. The largest absolute Gasteiger partial charge is 0.383 e. The van der Waals surface area contributed by atoms with Crippen LogP contribution in [0.3, 0.4) is 0 Å². The van der Waals surface area contributed by atoms with Gasteiger partial charge in [0.25, 0.3) is 0 Å². The van der Waals surface area contributed by atoms with Gasteiger partial charge in [-0.1, -0.05) is 30.3 Å². The van der Waals surface area contributed by atoms with Gasteiger partial charge >= 0.3 is 0 Å². The highest BCUT2D eigenvalue weighted by atomic mass is 32.1. The summed E-state index contributed by atoms with van der Waals surface area (Å²) in [7, 11) is 1.71. The van der Waals surface area contributed by atoms with Crippen molar-refractivity contribution >= 4 is 11.5 Å². The van der Waals surface area contributed by atoms with E-state index in [4.69, 9.17) is 4.74 Å². The summed E-state index contributed by atoms with van der Waals surface area (Å²) in [4.78, 5) is 1.25. The first kappa shape index (κ1) is 12.2. The third-order valence-corrected chi connectivity index (χ3v) is 3.20. The molecule has 0 bridgehead atoms. The molecule has 90 valence electrons. The lowest BCUT2D eigenvalue weighted by Crippen LogP contribution is -2.17. The predicted octanol–water partition coefficient (Wildman–Crippen LogP) is 2.55. The molecule has 0 aliphatic rings. The van der Waals surface area contributed by atoms with E-state index in [1.165, 1.54) is 10.4 Å². The van der Waals surface area contributed by atoms with Gasteiger partial charge in [0, 0.05) is 30.6 Å². The molecule has 0 spiro atoms. The van der Waals surface area contributed by atoms with Crippen molar-refractivity contribution in [1.29, 1.82) is 0 Å². The zero-order chi connectivity index (χ0) is 11.9. The molecule has 2 aromatic rings. The van der Waals surface area contributed by atoms with E-state index in [9.17, 15) is 0 Å². The topological polar surface area (TPSA) is 34.1 Å². The fourth-order valence-electron chi connectivity index (χ4n) is 1.53. The fraction of sp³-hybridized carbons (Fsp3) is 0.308. The van der Waals surface area contributed by atoms with Crippen molar-refractivity contribution in [3.05, 3.63) is 41.3 Å². The van der Waals surface area contributed by atoms with Crippen molar-refractivity contribution in [2.75, 3.05) is 20.3 Å². The molecule has 0 aliphatic heterocycles. The number of hydrogen-bond donors (Lipinski definition) is 1. The minimum atomic E-state index is 0.740. The molecule has 0 radical (unpaired) electrons. The summed E-state index contributed by atoms with van der Waals surface area (Å²) < 4.78 is 9.44. The number of ether oxygens (including phenoxy) is 1. The maximum Gasteiger partial charge on any atom is 0.0844 e. The highest BCUT2D eigenvalue weighted by Crippen LogP contribution is 2.21. The van der Waals surface area contributed by atoms with Crippen LogP contribution in [-0.4, -0.2) is 24.6 Å². The predicted molar refractivity (Wildman–Crippen MR) is 71.1 cm³/mol. The quantitative estimate of drug-likeness (QED) is 0.798. The van der Waals surface area contributed by atoms with Crippen molar-refractivity contribution in [1.82, 2.24) is 9.69 Å². The van der Waals surface area contributed by atoms with Gasteiger partial charge in [-0.05, 0) is 17.6 Å². The molecule has 0 atom stereocenters. The summed E-state index contributed by atoms with van der Waals surface area (Å²) in [5.74, 6) is 0. The second-order valence-electron chi connectivity index (χ2n) is 3.71. The summed E-state index contributed by atoms with van der Waals surface area (Å²) >= 11 is 1.55. The van der Waals surface area contributed by atoms with E-state index in [1.54, 1.807) is 18.6 Å². The molecular weight excluding hydrogens is 232 g/mol. The van der Waals surface area contributed by atoms with Crippen LogP contribution in [0.15, 0.2) is 36.4 Å². The average molecular weight is 248 g/mol. The van der Waals surface area contributed by atoms with Gasteiger partial charge in [-0.15, -0.1) is 0 Å². The Morgan fingerprint density at radius 2 is 2.12 bits per heavy atom. The van der Waals surface area contributed by atoms with Crippen molar-refractivity contribution in [3.8, 4) is 11.3 Å². The van der Waals surface area contributed by atoms with Gasteiger partial charge in [0.2, 0.25) is 0 Å². The summed E-state index contributed by atoms with van der Waals surface area (Å²) in [6.45, 7) is 2.47. The van der Waals surface area contributed by atoms with E-state index < -0.39 is 0 Å². The second kappa shape index (κ2) is 6.49. The van der Waals surface area contributed by atoms with Gasteiger partial charge in [0.1, 0.15) is 0 Å². The van der Waals surface area contributed by atoms with Crippen LogP contribution >= 0.6 is 11.5 Å². The minimum Gasteiger partial charge on any atom is -0.383 e. The summed E-state index contributed by atoms with van der Waals surface area (Å²) in [5, 5.41) is 3.31. The van der Waals surface area contributed by atoms with E-state index in [2.05, 4.69) is 27.9 Å². The Bertz CT molecular complexity index is 442. The molecule has 3 nitrogen and oxygen atoms in total. The van der Waals surface area contributed by atoms with Crippen LogP contribution < -0.4 is 5.32 Å². The number of methoxy groups -OCH3 is 1. The van der Waals surface area contributed by atoms with Gasteiger partial charge in [-0.3, -0.25) is 0 Å². The number of benzene rings is 1. The first-order valence-electron chi connectivity index (χ1n) is 5.61. The Morgan fingerprint density at radius 1 is 1.29 bits per heavy atom. The third kappa shape index (κ3) is 3.63. The van der Waals surface area contributed by atoms with Gasteiger partial charge < -0.3 is 10.1 Å². The second-order valence-corrected chi connectivity index (χ2v) is 4.60. The zero-order valence-corrected chi connectivity index (χ0v) is 10.7. The summed E-state index contributed by atoms with van der Waals surface area (Å²) in [6, 6.07) is 12.4. The molecule has 0 saturated heterocycles. The third-order valence-electron chi connectivity index (χ3n) is 2.41. The number of aromatic nitrogens is 1. The SMILES string of the molecule is COCCNCc1cc(-c2ccccc2)ns1. The molecule has 0 fully saturated rings. The van der Waals surface area contributed by atoms with Crippen LogP contribution in [0.1, 0.15) is 4.88 Å². The number of hydrogen-bond acceptors (Lipinski definition) is 4. The molecule has 0 unspecified atom stereocenters. The Kier molecular flexibility index (Phi) is 4.67. The molecule has 1 N–H and O–H groups in total. The van der Waals surface area contributed by atoms with E-state index >= 15 is 0 Å². The molecule has 2 rings (SSSR count). The van der Waals surface area contributed by atoms with E-state index in [0.717, 1.165) is 25.4 Å². The first-order valence-corrected chi connectivity index (χ1v) is 6.38. The zero-order valence-electron chi connectivity index (χ0n) is 9.85. The van der Waals surface area contributed by atoms with Crippen LogP contribution in [0.2, 0.25) is 0 Å². The first-order chi connectivity index (χ1) is 8.40. The molecular formula is C13H16N2OS. The Hall–Kier alpha value is -1.23. The van der Waals surface area contributed by atoms with Gasteiger partial charge in [-0.25, -0.2) is 0 Å². The maximum atomic E-state index is 4.98. The molecule has 4 heteroatoms. The fourth-order valence-corrected chi connectivity index (χ4v) is 2.23. The molecule has 17 heavy (non-hydrogen) atoms. The monoisotopic (exact) mass is 248 g/mol. The number of rotatable bonds is 6. The molecule has 0 amide bonds. The van der Waals surface area contributed by atoms with Crippen molar-refractivity contribution < 1.29 is 4.74 Å². The molecule has 1 heterocycles. The van der Waals surface area contributed by atoms with E-state index in [1.807, 2.05) is 18.2 Å². The van der Waals surface area contributed by atoms with Crippen molar-refractivity contribution in [3.63, 3.8) is 0 Å². The Labute approximate surface area is 106 Å². The van der Waals surface area contributed by atoms with Crippen LogP contribution in [0, 0.1) is 0 Å². The average Bonchev–Trinajstić information content (AvgIpc) is 2.85. The normalized spacial score (nSPS) is 10.6. The van der Waals surface area contributed by atoms with Gasteiger partial charge in [0.15, 0.2) is 0 Å². The van der Waals surface area contributed by atoms with Gasteiger partial charge in [-0.2, -0.15) is 4.37 Å². The lowest BCUT2D eigenvalue weighted by Gasteiger charge is -2.00. The number of nitrogens with one attached hydrogen (secondary N) is 1. The smallest absolute Gasteiger partial charge is 0.0844 e. The lowest BCUT2D eigenvalue weighted by molar-refractivity contribution is 0.199. The Balaban J connectivity index is 1.92. The van der Waals surface area contributed by atoms with Gasteiger partial charge in [0.05, 0.1) is 12.3 Å².